The maximum Gasteiger partial charge on any atom is 0.310 e. The minimum Gasteiger partial charge on any atom is -0.466 e. The lowest BCUT2D eigenvalue weighted by Gasteiger charge is -2.33. The Morgan fingerprint density at radius 2 is 1.78 bits per heavy atom. The molecule has 32 heavy (non-hydrogen) atoms. The molecule has 1 unspecified atom stereocenters. The van der Waals surface area contributed by atoms with Gasteiger partial charge in [-0.1, -0.05) is 60.7 Å². The van der Waals surface area contributed by atoms with Crippen LogP contribution in [0.2, 0.25) is 0 Å². The largest absolute Gasteiger partial charge is 0.466 e. The van der Waals surface area contributed by atoms with Crippen LogP contribution in [0.4, 0.5) is 17.3 Å². The van der Waals surface area contributed by atoms with Gasteiger partial charge in [0, 0.05) is 13.1 Å². The lowest BCUT2D eigenvalue weighted by Crippen LogP contribution is -2.40. The van der Waals surface area contributed by atoms with Crippen LogP contribution in [0, 0.1) is 5.92 Å². The van der Waals surface area contributed by atoms with Crippen molar-refractivity contribution in [1.82, 2.24) is 9.97 Å². The van der Waals surface area contributed by atoms with E-state index in [2.05, 4.69) is 44.5 Å². The van der Waals surface area contributed by atoms with Gasteiger partial charge in [0.25, 0.3) is 0 Å². The summed E-state index contributed by atoms with van der Waals surface area (Å²) in [6, 6.07) is 20.3. The molecule has 1 aliphatic rings. The molecule has 2 aromatic carbocycles. The topological polar surface area (TPSA) is 93.4 Å². The third kappa shape index (κ3) is 4.82. The molecule has 1 aliphatic heterocycles. The van der Waals surface area contributed by atoms with E-state index in [0.717, 1.165) is 30.5 Å². The van der Waals surface area contributed by atoms with Crippen molar-refractivity contribution in [2.75, 3.05) is 35.6 Å². The van der Waals surface area contributed by atoms with E-state index >= 15 is 0 Å². The number of ether oxygens (including phenoxy) is 1. The highest BCUT2D eigenvalue weighted by Gasteiger charge is 2.29. The molecule has 0 bridgehead atoms. The Kier molecular flexibility index (Phi) is 6.84. The lowest BCUT2D eigenvalue weighted by atomic mass is 9.98. The van der Waals surface area contributed by atoms with Crippen molar-refractivity contribution in [1.29, 1.82) is 0 Å². The molecular weight excluding hydrogens is 402 g/mol. The zero-order chi connectivity index (χ0) is 22.3. The van der Waals surface area contributed by atoms with E-state index in [-0.39, 0.29) is 17.9 Å². The number of hydrogen-bond donors (Lipinski definition) is 2. The van der Waals surface area contributed by atoms with E-state index in [1.54, 1.807) is 0 Å². The van der Waals surface area contributed by atoms with E-state index in [1.165, 1.54) is 6.33 Å². The van der Waals surface area contributed by atoms with E-state index < -0.39 is 0 Å². The fraction of sp³-hybridized carbons (Fsp3) is 0.320. The van der Waals surface area contributed by atoms with Crippen molar-refractivity contribution < 1.29 is 9.53 Å². The fourth-order valence-corrected chi connectivity index (χ4v) is 4.16. The summed E-state index contributed by atoms with van der Waals surface area (Å²) in [6.45, 7) is 3.55. The van der Waals surface area contributed by atoms with Crippen LogP contribution in [0.1, 0.15) is 36.9 Å². The summed E-state index contributed by atoms with van der Waals surface area (Å²) in [4.78, 5) is 23.2. The Morgan fingerprint density at radius 1 is 1.12 bits per heavy atom. The number of nitrogens with zero attached hydrogens (tertiary/aromatic N) is 3. The Bertz CT molecular complexity index is 990. The van der Waals surface area contributed by atoms with Crippen LogP contribution in [-0.2, 0) is 9.53 Å². The number of carbonyl (C=O) groups excluding carboxylic acids is 1. The zero-order valence-electron chi connectivity index (χ0n) is 18.3. The minimum atomic E-state index is -0.170. The highest BCUT2D eigenvalue weighted by molar-refractivity contribution is 5.77. The minimum absolute atomic E-state index is 0.115. The third-order valence-electron chi connectivity index (χ3n) is 5.75. The maximum atomic E-state index is 12.3. The van der Waals surface area contributed by atoms with Gasteiger partial charge in [-0.05, 0) is 30.9 Å². The number of nitrogen functional groups attached to an aromatic ring is 1. The molecule has 1 atom stereocenters. The first-order valence-electron chi connectivity index (χ1n) is 11.1. The molecule has 2 heterocycles. The monoisotopic (exact) mass is 431 g/mol. The van der Waals surface area contributed by atoms with Gasteiger partial charge in [0.15, 0.2) is 11.6 Å². The average molecular weight is 432 g/mol. The second-order valence-electron chi connectivity index (χ2n) is 7.90. The molecule has 166 valence electrons. The SMILES string of the molecule is CCOC(=O)C1CCCN(c2ncnc(NC(c3ccccc3)c3ccccc3)c2N)C1. The van der Waals surface area contributed by atoms with Crippen LogP contribution in [0.25, 0.3) is 0 Å². The van der Waals surface area contributed by atoms with Crippen molar-refractivity contribution in [3.05, 3.63) is 78.1 Å². The van der Waals surface area contributed by atoms with Crippen LogP contribution in [0.3, 0.4) is 0 Å². The molecule has 1 saturated heterocycles. The van der Waals surface area contributed by atoms with Gasteiger partial charge in [0.05, 0.1) is 18.6 Å². The molecule has 1 aromatic heterocycles. The summed E-state index contributed by atoms with van der Waals surface area (Å²) in [5, 5.41) is 3.52. The molecule has 4 rings (SSSR count). The second-order valence-corrected chi connectivity index (χ2v) is 7.90. The molecule has 7 heteroatoms. The first-order valence-corrected chi connectivity index (χ1v) is 11.1. The van der Waals surface area contributed by atoms with Gasteiger partial charge in [-0.2, -0.15) is 0 Å². The Labute approximate surface area is 188 Å². The molecule has 1 fully saturated rings. The number of benzene rings is 2. The van der Waals surface area contributed by atoms with E-state index in [4.69, 9.17) is 10.5 Å². The highest BCUT2D eigenvalue weighted by Crippen LogP contribution is 2.33. The fourth-order valence-electron chi connectivity index (χ4n) is 4.16. The molecule has 0 spiro atoms. The smallest absolute Gasteiger partial charge is 0.310 e. The highest BCUT2D eigenvalue weighted by atomic mass is 16.5. The van der Waals surface area contributed by atoms with Crippen LogP contribution >= 0.6 is 0 Å². The summed E-state index contributed by atoms with van der Waals surface area (Å²) >= 11 is 0. The van der Waals surface area contributed by atoms with Gasteiger partial charge >= 0.3 is 5.97 Å². The predicted molar refractivity (Wildman–Crippen MR) is 126 cm³/mol. The zero-order valence-corrected chi connectivity index (χ0v) is 18.3. The van der Waals surface area contributed by atoms with E-state index in [9.17, 15) is 4.79 Å². The summed E-state index contributed by atoms with van der Waals surface area (Å²) in [5.74, 6) is 0.898. The summed E-state index contributed by atoms with van der Waals surface area (Å²) in [7, 11) is 0. The Hall–Kier alpha value is -3.61. The van der Waals surface area contributed by atoms with Gasteiger partial charge in [0.1, 0.15) is 12.0 Å². The third-order valence-corrected chi connectivity index (χ3v) is 5.75. The summed E-state index contributed by atoms with van der Waals surface area (Å²) in [5.41, 5.74) is 9.25. The van der Waals surface area contributed by atoms with E-state index in [1.807, 2.05) is 43.3 Å². The van der Waals surface area contributed by atoms with Crippen LogP contribution in [0.15, 0.2) is 67.0 Å². The van der Waals surface area contributed by atoms with Gasteiger partial charge < -0.3 is 20.7 Å². The average Bonchev–Trinajstić information content (AvgIpc) is 2.85. The number of carbonyl (C=O) groups is 1. The lowest BCUT2D eigenvalue weighted by molar-refractivity contribution is -0.148. The Balaban J connectivity index is 1.61. The summed E-state index contributed by atoms with van der Waals surface area (Å²) < 4.78 is 5.23. The predicted octanol–water partition coefficient (Wildman–Crippen LogP) is 4.04. The van der Waals surface area contributed by atoms with Crippen molar-refractivity contribution in [2.24, 2.45) is 5.92 Å². The first kappa shape index (κ1) is 21.6. The van der Waals surface area contributed by atoms with E-state index in [0.29, 0.717) is 30.5 Å². The maximum absolute atomic E-state index is 12.3. The molecule has 3 aromatic rings. The number of esters is 1. The molecule has 0 aliphatic carbocycles. The van der Waals surface area contributed by atoms with Crippen LogP contribution in [-0.4, -0.2) is 35.6 Å². The standard InChI is InChI=1S/C25H29N5O2/c1-2-32-25(31)20-14-9-15-30(16-20)24-21(26)23(27-17-28-24)29-22(18-10-5-3-6-11-18)19-12-7-4-8-13-19/h3-8,10-13,17,20,22H,2,9,14-16,26H2,1H3,(H,27,28,29). The van der Waals surface area contributed by atoms with Gasteiger partial charge in [-0.3, -0.25) is 4.79 Å². The van der Waals surface area contributed by atoms with Crippen molar-refractivity contribution >= 4 is 23.3 Å². The number of nitrogens with one attached hydrogen (secondary N) is 1. The quantitative estimate of drug-likeness (QED) is 0.545. The molecule has 3 N–H and O–H groups in total. The summed E-state index contributed by atoms with van der Waals surface area (Å²) in [6.07, 6.45) is 3.22. The van der Waals surface area contributed by atoms with Crippen LogP contribution in [0.5, 0.6) is 0 Å². The van der Waals surface area contributed by atoms with Crippen molar-refractivity contribution in [2.45, 2.75) is 25.8 Å². The molecule has 7 nitrogen and oxygen atoms in total. The number of aromatic nitrogens is 2. The number of anilines is 3. The van der Waals surface area contributed by atoms with Crippen molar-refractivity contribution in [3.63, 3.8) is 0 Å². The second kappa shape index (κ2) is 10.1. The van der Waals surface area contributed by atoms with Gasteiger partial charge in [-0.25, -0.2) is 9.97 Å². The molecule has 0 radical (unpaired) electrons. The number of nitrogens with two attached hydrogens (primary N) is 1. The molecule has 0 amide bonds. The number of rotatable bonds is 7. The van der Waals surface area contributed by atoms with Crippen LogP contribution < -0.4 is 16.0 Å². The van der Waals surface area contributed by atoms with Gasteiger partial charge in [0.2, 0.25) is 0 Å². The normalized spacial score (nSPS) is 16.1. The first-order chi connectivity index (χ1) is 15.7. The molecular formula is C25H29N5O2. The number of piperidine rings is 1. The van der Waals surface area contributed by atoms with Crippen molar-refractivity contribution in [3.8, 4) is 0 Å². The molecule has 0 saturated carbocycles. The number of hydrogen-bond acceptors (Lipinski definition) is 7. The van der Waals surface area contributed by atoms with Gasteiger partial charge in [-0.15, -0.1) is 0 Å². The Morgan fingerprint density at radius 3 is 2.41 bits per heavy atom.